The van der Waals surface area contributed by atoms with E-state index in [1.54, 1.807) is 0 Å². The maximum atomic E-state index is 13.7. The largest absolute Gasteiger partial charge is 0.465 e. The SMILES string of the molecule is CCCCCCCCC(=O)OCC(COC(=O)CCCCCCCC)CC(=O)OC[C@H]1CC[C@@H](COC(=O)CC(COC(=O)CCCCCCCC)COC(=O)CCCCCCCC)N1C(=O)OCCN(C)C. The van der Waals surface area contributed by atoms with Crippen molar-refractivity contribution in [1.29, 1.82) is 0 Å². The standard InChI is InChI=1S/C57H102N2O14/c1-7-11-15-19-23-27-31-51(60)68-41-47(42-69-52(61)32-28-24-20-16-12-8-2)39-55(64)72-45-49-35-36-50(59(49)57(66)67-38-37-58(5)6)46-73-56(65)40-48(43-70-53(62)33-29-25-21-17-13-9-3)44-71-54(63)34-30-26-22-18-14-10-4/h47-50H,7-46H2,1-6H3/t49-,50+. The molecule has 424 valence electrons. The Bertz CT molecular complexity index is 1320. The number of ether oxygens (including phenoxy) is 7. The van der Waals surface area contributed by atoms with Crippen LogP contribution in [-0.4, -0.2) is 131 Å². The van der Waals surface area contributed by atoms with Crippen LogP contribution in [-0.2, 0) is 61.9 Å². The van der Waals surface area contributed by atoms with Crippen LogP contribution < -0.4 is 0 Å². The van der Waals surface area contributed by atoms with E-state index in [1.165, 1.54) is 30.6 Å². The fraction of sp³-hybridized carbons (Fsp3) is 0.877. The average Bonchev–Trinajstić information content (AvgIpc) is 3.78. The van der Waals surface area contributed by atoms with Crippen molar-refractivity contribution in [2.45, 2.75) is 245 Å². The molecule has 0 unspecified atom stereocenters. The normalized spacial score (nSPS) is 14.4. The van der Waals surface area contributed by atoms with E-state index < -0.39 is 42.0 Å². The van der Waals surface area contributed by atoms with Crippen molar-refractivity contribution >= 4 is 41.9 Å². The van der Waals surface area contributed by atoms with Crippen molar-refractivity contribution in [2.24, 2.45) is 11.8 Å². The molecule has 16 heteroatoms. The molecule has 1 saturated heterocycles. The molecule has 1 heterocycles. The van der Waals surface area contributed by atoms with Gasteiger partial charge in [0.1, 0.15) is 19.8 Å². The zero-order valence-electron chi connectivity index (χ0n) is 46.7. The van der Waals surface area contributed by atoms with Gasteiger partial charge in [0.15, 0.2) is 0 Å². The minimum Gasteiger partial charge on any atom is -0.465 e. The molecule has 0 aromatic rings. The molecule has 0 aromatic heterocycles. The Morgan fingerprint density at radius 3 is 0.973 bits per heavy atom. The number of unbranched alkanes of at least 4 members (excludes halogenated alkanes) is 20. The number of hydrogen-bond donors (Lipinski definition) is 0. The quantitative estimate of drug-likeness (QED) is 0.0317. The molecule has 0 saturated carbocycles. The lowest BCUT2D eigenvalue weighted by Crippen LogP contribution is -2.46. The van der Waals surface area contributed by atoms with Gasteiger partial charge < -0.3 is 38.1 Å². The van der Waals surface area contributed by atoms with E-state index in [0.29, 0.717) is 45.1 Å². The van der Waals surface area contributed by atoms with Crippen LogP contribution in [0, 0.1) is 11.8 Å². The Morgan fingerprint density at radius 2 is 0.685 bits per heavy atom. The van der Waals surface area contributed by atoms with E-state index in [9.17, 15) is 33.6 Å². The van der Waals surface area contributed by atoms with E-state index in [1.807, 2.05) is 19.0 Å². The highest BCUT2D eigenvalue weighted by molar-refractivity contribution is 5.73. The Kier molecular flexibility index (Phi) is 41.7. The number of nitrogens with zero attached hydrogens (tertiary/aromatic N) is 2. The minimum atomic E-state index is -0.638. The summed E-state index contributed by atoms with van der Waals surface area (Å²) in [4.78, 5) is 94.5. The lowest BCUT2D eigenvalue weighted by molar-refractivity contribution is -0.155. The van der Waals surface area contributed by atoms with Crippen LogP contribution in [0.25, 0.3) is 0 Å². The highest BCUT2D eigenvalue weighted by atomic mass is 16.6. The summed E-state index contributed by atoms with van der Waals surface area (Å²) in [5.74, 6) is -3.94. The second-order valence-corrected chi connectivity index (χ2v) is 20.5. The lowest BCUT2D eigenvalue weighted by atomic mass is 10.1. The maximum absolute atomic E-state index is 13.7. The number of esters is 6. The molecule has 0 bridgehead atoms. The molecule has 1 aliphatic rings. The first-order chi connectivity index (χ1) is 35.3. The van der Waals surface area contributed by atoms with Gasteiger partial charge in [-0.2, -0.15) is 0 Å². The van der Waals surface area contributed by atoms with Gasteiger partial charge in [0.2, 0.25) is 0 Å². The maximum Gasteiger partial charge on any atom is 0.410 e. The first-order valence-electron chi connectivity index (χ1n) is 28.9. The Morgan fingerprint density at radius 1 is 0.397 bits per heavy atom. The van der Waals surface area contributed by atoms with Gasteiger partial charge in [-0.15, -0.1) is 0 Å². The number of amides is 1. The number of likely N-dealkylation sites (N-methyl/N-ethyl adjacent to an activating group) is 1. The third-order valence-electron chi connectivity index (χ3n) is 13.2. The summed E-state index contributed by atoms with van der Waals surface area (Å²) in [6.07, 6.45) is 25.5. The van der Waals surface area contributed by atoms with Gasteiger partial charge in [-0.1, -0.05) is 156 Å². The third kappa shape index (κ3) is 37.4. The lowest BCUT2D eigenvalue weighted by Gasteiger charge is -2.29. The van der Waals surface area contributed by atoms with Crippen molar-refractivity contribution < 1.29 is 66.7 Å². The van der Waals surface area contributed by atoms with Gasteiger partial charge in [0.05, 0.1) is 51.4 Å². The predicted octanol–water partition coefficient (Wildman–Crippen LogP) is 11.8. The van der Waals surface area contributed by atoms with Gasteiger partial charge in [0.25, 0.3) is 0 Å². The number of hydrogen-bond acceptors (Lipinski definition) is 15. The minimum absolute atomic E-state index is 0.106. The molecule has 1 amide bonds. The summed E-state index contributed by atoms with van der Waals surface area (Å²) < 4.78 is 39.4. The summed E-state index contributed by atoms with van der Waals surface area (Å²) in [5, 5.41) is 0. The first kappa shape index (κ1) is 67.1. The van der Waals surface area contributed by atoms with Crippen molar-refractivity contribution in [3.05, 3.63) is 0 Å². The van der Waals surface area contributed by atoms with Gasteiger partial charge in [-0.05, 0) is 52.6 Å². The molecular weight excluding hydrogens is 937 g/mol. The summed E-state index contributed by atoms with van der Waals surface area (Å²) >= 11 is 0. The fourth-order valence-corrected chi connectivity index (χ4v) is 8.61. The summed E-state index contributed by atoms with van der Waals surface area (Å²) in [5.41, 5.74) is 0. The Labute approximate surface area is 441 Å². The van der Waals surface area contributed by atoms with E-state index in [0.717, 1.165) is 103 Å². The zero-order valence-corrected chi connectivity index (χ0v) is 46.7. The molecule has 0 aliphatic carbocycles. The van der Waals surface area contributed by atoms with Crippen molar-refractivity contribution in [3.63, 3.8) is 0 Å². The summed E-state index contributed by atoms with van der Waals surface area (Å²) in [7, 11) is 3.71. The number of rotatable bonds is 47. The van der Waals surface area contributed by atoms with E-state index in [4.69, 9.17) is 33.2 Å². The van der Waals surface area contributed by atoms with Crippen LogP contribution >= 0.6 is 0 Å². The highest BCUT2D eigenvalue weighted by Gasteiger charge is 2.40. The molecule has 1 rings (SSSR count). The molecule has 0 radical (unpaired) electrons. The zero-order chi connectivity index (χ0) is 53.7. The number of carbonyl (C=O) groups excluding carboxylic acids is 7. The Balaban J connectivity index is 2.98. The molecule has 0 spiro atoms. The fourth-order valence-electron chi connectivity index (χ4n) is 8.61. The molecule has 1 fully saturated rings. The molecule has 73 heavy (non-hydrogen) atoms. The second kappa shape index (κ2) is 45.4. The van der Waals surface area contributed by atoms with Crippen LogP contribution in [0.2, 0.25) is 0 Å². The number of carbonyl (C=O) groups is 7. The van der Waals surface area contributed by atoms with Crippen molar-refractivity contribution in [3.8, 4) is 0 Å². The van der Waals surface area contributed by atoms with Gasteiger partial charge in [-0.3, -0.25) is 33.7 Å². The van der Waals surface area contributed by atoms with Crippen molar-refractivity contribution in [2.75, 3.05) is 66.9 Å². The smallest absolute Gasteiger partial charge is 0.410 e. The van der Waals surface area contributed by atoms with Crippen LogP contribution in [0.15, 0.2) is 0 Å². The monoisotopic (exact) mass is 1040 g/mol. The second-order valence-electron chi connectivity index (χ2n) is 20.5. The van der Waals surface area contributed by atoms with Gasteiger partial charge >= 0.3 is 41.9 Å². The van der Waals surface area contributed by atoms with Crippen LogP contribution in [0.5, 0.6) is 0 Å². The van der Waals surface area contributed by atoms with Crippen molar-refractivity contribution in [1.82, 2.24) is 9.80 Å². The van der Waals surface area contributed by atoms with E-state index >= 15 is 0 Å². The van der Waals surface area contributed by atoms with E-state index in [-0.39, 0.29) is 109 Å². The molecule has 16 nitrogen and oxygen atoms in total. The molecule has 1 aliphatic heterocycles. The first-order valence-corrected chi connectivity index (χ1v) is 28.9. The topological polar surface area (TPSA) is 191 Å². The van der Waals surface area contributed by atoms with E-state index in [2.05, 4.69) is 27.7 Å². The molecule has 0 aromatic carbocycles. The average molecular weight is 1040 g/mol. The molecular formula is C57H102N2O14. The Hall–Kier alpha value is -3.95. The van der Waals surface area contributed by atoms with Gasteiger partial charge in [0, 0.05) is 44.1 Å². The van der Waals surface area contributed by atoms with Crippen LogP contribution in [0.1, 0.15) is 233 Å². The van der Waals surface area contributed by atoms with Gasteiger partial charge in [-0.25, -0.2) is 4.79 Å². The van der Waals surface area contributed by atoms with Crippen LogP contribution in [0.3, 0.4) is 0 Å². The number of likely N-dealkylation sites (tertiary alicyclic amines) is 1. The summed E-state index contributed by atoms with van der Waals surface area (Å²) in [6, 6.07) is -1.18. The predicted molar refractivity (Wildman–Crippen MR) is 282 cm³/mol. The van der Waals surface area contributed by atoms with Crippen LogP contribution in [0.4, 0.5) is 4.79 Å². The molecule has 0 N–H and O–H groups in total. The third-order valence-corrected chi connectivity index (χ3v) is 13.2. The highest BCUT2D eigenvalue weighted by Crippen LogP contribution is 2.27. The molecule has 2 atom stereocenters. The summed E-state index contributed by atoms with van der Waals surface area (Å²) in [6.45, 7) is 8.43.